The number of rotatable bonds is 5. The summed E-state index contributed by atoms with van der Waals surface area (Å²) in [5.41, 5.74) is 0.737. The number of halogens is 2. The third kappa shape index (κ3) is 6.49. The number of nitrogens with one attached hydrogen (secondary N) is 2. The molecular formula is C17H23FIN5O. The monoisotopic (exact) mass is 459 g/mol. The molecule has 0 bridgehead atoms. The minimum atomic E-state index is -0.401. The van der Waals surface area contributed by atoms with Crippen LogP contribution in [0.15, 0.2) is 23.2 Å². The predicted octanol–water partition coefficient (Wildman–Crippen LogP) is 1.99. The SMILES string of the molecule is CCNC(=NCc1cc(C#N)ccc1F)NCC(=O)N1CCCC1.I. The Hall–Kier alpha value is -1.89. The maximum absolute atomic E-state index is 13.8. The minimum absolute atomic E-state index is 0. The second kappa shape index (κ2) is 10.9. The fourth-order valence-electron chi connectivity index (χ4n) is 2.51. The van der Waals surface area contributed by atoms with E-state index < -0.39 is 5.82 Å². The van der Waals surface area contributed by atoms with Crippen molar-refractivity contribution in [2.45, 2.75) is 26.3 Å². The van der Waals surface area contributed by atoms with E-state index in [2.05, 4.69) is 15.6 Å². The first-order valence-electron chi connectivity index (χ1n) is 8.12. The molecule has 8 heteroatoms. The summed E-state index contributed by atoms with van der Waals surface area (Å²) in [6, 6.07) is 6.16. The molecule has 6 nitrogen and oxygen atoms in total. The Morgan fingerprint density at radius 1 is 1.36 bits per heavy atom. The van der Waals surface area contributed by atoms with E-state index in [0.29, 0.717) is 23.6 Å². The highest BCUT2D eigenvalue weighted by Crippen LogP contribution is 2.11. The van der Waals surface area contributed by atoms with Gasteiger partial charge in [-0.1, -0.05) is 0 Å². The maximum Gasteiger partial charge on any atom is 0.241 e. The van der Waals surface area contributed by atoms with Gasteiger partial charge < -0.3 is 15.5 Å². The zero-order chi connectivity index (χ0) is 17.4. The highest BCUT2D eigenvalue weighted by molar-refractivity contribution is 14.0. The molecule has 0 unspecified atom stereocenters. The van der Waals surface area contributed by atoms with Crippen LogP contribution in [0.3, 0.4) is 0 Å². The largest absolute Gasteiger partial charge is 0.357 e. The summed E-state index contributed by atoms with van der Waals surface area (Å²) in [4.78, 5) is 18.2. The van der Waals surface area contributed by atoms with Crippen molar-refractivity contribution >= 4 is 35.8 Å². The van der Waals surface area contributed by atoms with Gasteiger partial charge in [0.05, 0.1) is 24.7 Å². The summed E-state index contributed by atoms with van der Waals surface area (Å²) < 4.78 is 13.8. The second-order valence-electron chi connectivity index (χ2n) is 5.55. The molecular weight excluding hydrogens is 436 g/mol. The van der Waals surface area contributed by atoms with Gasteiger partial charge >= 0.3 is 0 Å². The zero-order valence-electron chi connectivity index (χ0n) is 14.2. The molecule has 0 saturated carbocycles. The summed E-state index contributed by atoms with van der Waals surface area (Å²) in [5.74, 6) is 0.0873. The van der Waals surface area contributed by atoms with Gasteiger partial charge in [0.25, 0.3) is 0 Å². The average molecular weight is 459 g/mol. The number of aliphatic imine (C=N–C) groups is 1. The van der Waals surface area contributed by atoms with Crippen molar-refractivity contribution in [3.05, 3.63) is 35.1 Å². The van der Waals surface area contributed by atoms with Crippen LogP contribution in [-0.4, -0.2) is 42.9 Å². The van der Waals surface area contributed by atoms with E-state index in [-0.39, 0.29) is 43.0 Å². The van der Waals surface area contributed by atoms with Crippen molar-refractivity contribution in [2.75, 3.05) is 26.2 Å². The molecule has 0 radical (unpaired) electrons. The lowest BCUT2D eigenvalue weighted by molar-refractivity contribution is -0.128. The second-order valence-corrected chi connectivity index (χ2v) is 5.55. The van der Waals surface area contributed by atoms with E-state index in [9.17, 15) is 9.18 Å². The van der Waals surface area contributed by atoms with E-state index in [4.69, 9.17) is 5.26 Å². The molecule has 0 spiro atoms. The van der Waals surface area contributed by atoms with E-state index in [0.717, 1.165) is 25.9 Å². The number of guanidine groups is 1. The molecule has 0 aliphatic carbocycles. The Morgan fingerprint density at radius 2 is 2.08 bits per heavy atom. The Balaban J connectivity index is 0.00000312. The van der Waals surface area contributed by atoms with Crippen molar-refractivity contribution in [2.24, 2.45) is 4.99 Å². The predicted molar refractivity (Wildman–Crippen MR) is 105 cm³/mol. The number of hydrogen-bond donors (Lipinski definition) is 2. The van der Waals surface area contributed by atoms with Crippen LogP contribution < -0.4 is 10.6 Å². The van der Waals surface area contributed by atoms with Crippen molar-refractivity contribution in [1.29, 1.82) is 5.26 Å². The molecule has 1 aromatic carbocycles. The molecule has 1 amide bonds. The maximum atomic E-state index is 13.8. The van der Waals surface area contributed by atoms with E-state index in [1.165, 1.54) is 18.2 Å². The molecule has 0 atom stereocenters. The summed E-state index contributed by atoms with van der Waals surface area (Å²) in [6.45, 7) is 4.41. The van der Waals surface area contributed by atoms with Gasteiger partial charge in [0.2, 0.25) is 5.91 Å². The topological polar surface area (TPSA) is 80.5 Å². The third-order valence-corrected chi connectivity index (χ3v) is 3.79. The number of carbonyl (C=O) groups excluding carboxylic acids is 1. The van der Waals surface area contributed by atoms with Gasteiger partial charge in [0, 0.05) is 25.2 Å². The molecule has 25 heavy (non-hydrogen) atoms. The number of nitrogens with zero attached hydrogens (tertiary/aromatic N) is 3. The van der Waals surface area contributed by atoms with Gasteiger partial charge in [-0.25, -0.2) is 9.38 Å². The van der Waals surface area contributed by atoms with Gasteiger partial charge in [-0.15, -0.1) is 24.0 Å². The number of carbonyl (C=O) groups is 1. The third-order valence-electron chi connectivity index (χ3n) is 3.79. The molecule has 1 aromatic rings. The van der Waals surface area contributed by atoms with Gasteiger partial charge in [-0.3, -0.25) is 4.79 Å². The van der Waals surface area contributed by atoms with E-state index >= 15 is 0 Å². The average Bonchev–Trinajstić information content (AvgIpc) is 3.13. The van der Waals surface area contributed by atoms with Crippen LogP contribution in [0, 0.1) is 17.1 Å². The number of hydrogen-bond acceptors (Lipinski definition) is 3. The standard InChI is InChI=1S/C17H22FN5O.HI/c1-2-20-17(22-12-16(24)23-7-3-4-8-23)21-11-14-9-13(10-19)5-6-15(14)18;/h5-6,9H,2-4,7-8,11-12H2,1H3,(H2,20,21,22);1H. The van der Waals surface area contributed by atoms with Crippen molar-refractivity contribution in [3.8, 4) is 6.07 Å². The molecule has 1 heterocycles. The Kier molecular flexibility index (Phi) is 9.20. The van der Waals surface area contributed by atoms with Crippen LogP contribution in [0.4, 0.5) is 4.39 Å². The molecule has 1 fully saturated rings. The smallest absolute Gasteiger partial charge is 0.241 e. The molecule has 0 aromatic heterocycles. The lowest BCUT2D eigenvalue weighted by atomic mass is 10.1. The van der Waals surface area contributed by atoms with Crippen LogP contribution >= 0.6 is 24.0 Å². The summed E-state index contributed by atoms with van der Waals surface area (Å²) in [6.07, 6.45) is 2.10. The summed E-state index contributed by atoms with van der Waals surface area (Å²) >= 11 is 0. The number of likely N-dealkylation sites (tertiary alicyclic amines) is 1. The molecule has 136 valence electrons. The van der Waals surface area contributed by atoms with Crippen molar-refractivity contribution < 1.29 is 9.18 Å². The van der Waals surface area contributed by atoms with Gasteiger partial charge in [-0.05, 0) is 38.0 Å². The van der Waals surface area contributed by atoms with Gasteiger partial charge in [0.15, 0.2) is 5.96 Å². The Labute approximate surface area is 164 Å². The number of benzene rings is 1. The quantitative estimate of drug-likeness (QED) is 0.401. The fourth-order valence-corrected chi connectivity index (χ4v) is 2.51. The minimum Gasteiger partial charge on any atom is -0.357 e. The van der Waals surface area contributed by atoms with Crippen molar-refractivity contribution in [1.82, 2.24) is 15.5 Å². The normalized spacial score (nSPS) is 13.8. The lowest BCUT2D eigenvalue weighted by Crippen LogP contribution is -2.44. The van der Waals surface area contributed by atoms with E-state index in [1.807, 2.05) is 17.9 Å². The highest BCUT2D eigenvalue weighted by Gasteiger charge is 2.17. The number of amides is 1. The van der Waals surface area contributed by atoms with Crippen LogP contribution in [0.5, 0.6) is 0 Å². The summed E-state index contributed by atoms with van der Waals surface area (Å²) in [7, 11) is 0. The first kappa shape index (κ1) is 21.2. The molecule has 2 N–H and O–H groups in total. The molecule has 1 aliphatic rings. The summed E-state index contributed by atoms with van der Waals surface area (Å²) in [5, 5.41) is 14.9. The molecule has 1 saturated heterocycles. The highest BCUT2D eigenvalue weighted by atomic mass is 127. The first-order chi connectivity index (χ1) is 11.6. The molecule has 2 rings (SSSR count). The van der Waals surface area contributed by atoms with Crippen molar-refractivity contribution in [3.63, 3.8) is 0 Å². The first-order valence-corrected chi connectivity index (χ1v) is 8.12. The van der Waals surface area contributed by atoms with E-state index in [1.54, 1.807) is 0 Å². The zero-order valence-corrected chi connectivity index (χ0v) is 16.5. The van der Waals surface area contributed by atoms with Crippen LogP contribution in [0.1, 0.15) is 30.9 Å². The molecule has 1 aliphatic heterocycles. The lowest BCUT2D eigenvalue weighted by Gasteiger charge is -2.17. The van der Waals surface area contributed by atoms with Gasteiger partial charge in [0.1, 0.15) is 5.82 Å². The fraction of sp³-hybridized carbons (Fsp3) is 0.471. The van der Waals surface area contributed by atoms with Crippen LogP contribution in [-0.2, 0) is 11.3 Å². The number of nitriles is 1. The Bertz CT molecular complexity index is 653. The van der Waals surface area contributed by atoms with Crippen LogP contribution in [0.25, 0.3) is 0 Å². The van der Waals surface area contributed by atoms with Crippen LogP contribution in [0.2, 0.25) is 0 Å². The Morgan fingerprint density at radius 3 is 2.72 bits per heavy atom. The van der Waals surface area contributed by atoms with Gasteiger partial charge in [-0.2, -0.15) is 5.26 Å².